The van der Waals surface area contributed by atoms with Gasteiger partial charge in [-0.05, 0) is 54.7 Å². The van der Waals surface area contributed by atoms with E-state index in [1.807, 2.05) is 31.2 Å². The van der Waals surface area contributed by atoms with Gasteiger partial charge >= 0.3 is 18.4 Å². The molecule has 2 aromatic carbocycles. The number of amides is 2. The molecule has 2 aliphatic heterocycles. The Labute approximate surface area is 210 Å². The maximum Gasteiger partial charge on any atom is 0.416 e. The first kappa shape index (κ1) is 27.3. The number of fused-ring (bicyclic) bond motifs is 1. The number of alkyl halides is 6. The zero-order chi connectivity index (χ0) is 27.1. The van der Waals surface area contributed by atoms with Crippen molar-refractivity contribution in [2.24, 2.45) is 11.8 Å². The van der Waals surface area contributed by atoms with Crippen molar-refractivity contribution >= 4 is 6.03 Å². The van der Waals surface area contributed by atoms with Gasteiger partial charge < -0.3 is 19.7 Å². The lowest BCUT2D eigenvalue weighted by molar-refractivity contribution is -0.217. The number of likely N-dealkylation sites (tertiary alicyclic amines) is 1. The number of benzene rings is 2. The van der Waals surface area contributed by atoms with Crippen molar-refractivity contribution in [2.45, 2.75) is 44.5 Å². The number of nitrogens with zero attached hydrogens (tertiary/aromatic N) is 1. The maximum atomic E-state index is 13.4. The fraction of sp³-hybridized carbons (Fsp3) is 0.500. The number of carbonyl (C=O) groups is 1. The lowest BCUT2D eigenvalue weighted by atomic mass is 9.76. The number of aryl methyl sites for hydroxylation is 1. The highest BCUT2D eigenvalue weighted by Gasteiger charge is 2.48. The van der Waals surface area contributed by atoms with Crippen molar-refractivity contribution < 1.29 is 40.6 Å². The van der Waals surface area contributed by atoms with Gasteiger partial charge in [0.2, 0.25) is 0 Å². The maximum absolute atomic E-state index is 13.4. The molecule has 4 rings (SSSR count). The van der Waals surface area contributed by atoms with Crippen LogP contribution < -0.4 is 5.32 Å². The van der Waals surface area contributed by atoms with Gasteiger partial charge in [-0.3, -0.25) is 0 Å². The van der Waals surface area contributed by atoms with Gasteiger partial charge in [-0.1, -0.05) is 24.3 Å². The monoisotopic (exact) mass is 530 g/mol. The lowest BCUT2D eigenvalue weighted by Crippen LogP contribution is -2.42. The quantitative estimate of drug-likeness (QED) is 0.484. The van der Waals surface area contributed by atoms with Crippen LogP contribution in [0.3, 0.4) is 0 Å². The summed E-state index contributed by atoms with van der Waals surface area (Å²) in [5, 5.41) is 2.61. The minimum absolute atomic E-state index is 0.00227. The van der Waals surface area contributed by atoms with E-state index < -0.39 is 35.9 Å². The van der Waals surface area contributed by atoms with E-state index in [2.05, 4.69) is 5.32 Å². The van der Waals surface area contributed by atoms with Gasteiger partial charge in [0.05, 0.1) is 23.8 Å². The van der Waals surface area contributed by atoms with Crippen molar-refractivity contribution in [1.29, 1.82) is 0 Å². The number of hydrogen-bond donors (Lipinski definition) is 1. The van der Waals surface area contributed by atoms with Crippen molar-refractivity contribution in [1.82, 2.24) is 10.2 Å². The Morgan fingerprint density at radius 1 is 1.05 bits per heavy atom. The second-order valence-electron chi connectivity index (χ2n) is 9.59. The van der Waals surface area contributed by atoms with Crippen LogP contribution in [0, 0.1) is 18.8 Å². The molecule has 2 aromatic rings. The third-order valence-corrected chi connectivity index (χ3v) is 7.19. The predicted octanol–water partition coefficient (Wildman–Crippen LogP) is 6.14. The van der Waals surface area contributed by atoms with E-state index in [0.29, 0.717) is 25.2 Å². The first-order valence-electron chi connectivity index (χ1n) is 11.9. The van der Waals surface area contributed by atoms with Crippen LogP contribution in [0.4, 0.5) is 31.1 Å². The summed E-state index contributed by atoms with van der Waals surface area (Å²) >= 11 is 0. The van der Waals surface area contributed by atoms with E-state index in [0.717, 1.165) is 11.1 Å². The van der Waals surface area contributed by atoms with E-state index >= 15 is 0 Å². The van der Waals surface area contributed by atoms with Crippen LogP contribution in [0.5, 0.6) is 0 Å². The van der Waals surface area contributed by atoms with Gasteiger partial charge in [-0.25, -0.2) is 4.79 Å². The fourth-order valence-corrected chi connectivity index (χ4v) is 5.28. The highest BCUT2D eigenvalue weighted by Crippen LogP contribution is 2.46. The van der Waals surface area contributed by atoms with Crippen LogP contribution in [0.25, 0.3) is 0 Å². The molecule has 0 saturated carbocycles. The van der Waals surface area contributed by atoms with E-state index in [-0.39, 0.29) is 42.0 Å². The SMILES string of the molecule is CNC(=O)N1C[C@H]2CO[C@H](O[C@H](C)c3cc(C(F)(F)F)cc(C(F)(F)F)c3)[C@@H](c3ccccc3C)[C@@H]2C1. The third kappa shape index (κ3) is 5.72. The predicted molar refractivity (Wildman–Crippen MR) is 123 cm³/mol. The van der Waals surface area contributed by atoms with Crippen LogP contribution in [0.2, 0.25) is 0 Å². The number of urea groups is 1. The lowest BCUT2D eigenvalue weighted by Gasteiger charge is -2.41. The molecular formula is C26H28F6N2O3. The van der Waals surface area contributed by atoms with Gasteiger partial charge in [0, 0.05) is 32.0 Å². The number of ether oxygens (including phenoxy) is 2. The van der Waals surface area contributed by atoms with Crippen molar-refractivity contribution in [3.05, 3.63) is 70.3 Å². The smallest absolute Gasteiger partial charge is 0.352 e. The number of rotatable bonds is 4. The Morgan fingerprint density at radius 2 is 1.68 bits per heavy atom. The summed E-state index contributed by atoms with van der Waals surface area (Å²) in [7, 11) is 1.54. The van der Waals surface area contributed by atoms with E-state index in [4.69, 9.17) is 9.47 Å². The second-order valence-corrected chi connectivity index (χ2v) is 9.59. The van der Waals surface area contributed by atoms with Crippen LogP contribution in [-0.4, -0.2) is 44.0 Å². The normalized spacial score (nSPS) is 25.1. The number of hydrogen-bond acceptors (Lipinski definition) is 3. The molecular weight excluding hydrogens is 502 g/mol. The van der Waals surface area contributed by atoms with Gasteiger partial charge in [0.15, 0.2) is 6.29 Å². The summed E-state index contributed by atoms with van der Waals surface area (Å²) in [5.41, 5.74) is -1.22. The van der Waals surface area contributed by atoms with Crippen LogP contribution >= 0.6 is 0 Å². The number of nitrogens with one attached hydrogen (secondary N) is 1. The molecule has 0 unspecified atom stereocenters. The molecule has 5 nitrogen and oxygen atoms in total. The summed E-state index contributed by atoms with van der Waals surface area (Å²) in [5.74, 6) is -0.455. The summed E-state index contributed by atoms with van der Waals surface area (Å²) in [6.45, 7) is 4.45. The molecule has 37 heavy (non-hydrogen) atoms. The number of halogens is 6. The molecule has 0 bridgehead atoms. The first-order valence-corrected chi connectivity index (χ1v) is 11.9. The molecule has 0 radical (unpaired) electrons. The molecule has 0 aliphatic carbocycles. The van der Waals surface area contributed by atoms with Crippen molar-refractivity contribution in [2.75, 3.05) is 26.7 Å². The molecule has 0 aromatic heterocycles. The molecule has 2 heterocycles. The molecule has 2 aliphatic rings. The zero-order valence-corrected chi connectivity index (χ0v) is 20.5. The first-order chi connectivity index (χ1) is 17.3. The van der Waals surface area contributed by atoms with Gasteiger partial charge in [-0.2, -0.15) is 26.3 Å². The van der Waals surface area contributed by atoms with E-state index in [1.165, 1.54) is 14.0 Å². The highest BCUT2D eigenvalue weighted by molar-refractivity contribution is 5.74. The molecule has 2 fully saturated rings. The topological polar surface area (TPSA) is 50.8 Å². The third-order valence-electron chi connectivity index (χ3n) is 7.19. The molecule has 2 saturated heterocycles. The molecule has 202 valence electrons. The van der Waals surface area contributed by atoms with Crippen molar-refractivity contribution in [3.63, 3.8) is 0 Å². The summed E-state index contributed by atoms with van der Waals surface area (Å²) in [6.07, 6.45) is -12.0. The summed E-state index contributed by atoms with van der Waals surface area (Å²) in [4.78, 5) is 14.0. The molecule has 2 amide bonds. The Bertz CT molecular complexity index is 1100. The Hall–Kier alpha value is -2.79. The van der Waals surface area contributed by atoms with Gasteiger partial charge in [0.25, 0.3) is 0 Å². The van der Waals surface area contributed by atoms with Crippen molar-refractivity contribution in [3.8, 4) is 0 Å². The Kier molecular flexibility index (Phi) is 7.49. The zero-order valence-electron chi connectivity index (χ0n) is 20.5. The molecule has 1 N–H and O–H groups in total. The van der Waals surface area contributed by atoms with Gasteiger partial charge in [0.1, 0.15) is 0 Å². The highest BCUT2D eigenvalue weighted by atomic mass is 19.4. The fourth-order valence-electron chi connectivity index (χ4n) is 5.28. The number of carbonyl (C=O) groups excluding carboxylic acids is 1. The standard InChI is InChI=1S/C26H28F6N2O3/c1-14-6-4-5-7-20(14)22-21-12-34(24(35)33-3)11-17(21)13-36-23(22)37-15(2)16-8-18(25(27,28)29)10-19(9-16)26(30,31)32/h4-10,15,17,21-23H,11-13H2,1-3H3,(H,33,35)/t15-,17+,21-,22+,23-/m1/s1. The Balaban J connectivity index is 1.67. The summed E-state index contributed by atoms with van der Waals surface area (Å²) < 4.78 is 92.5. The summed E-state index contributed by atoms with van der Waals surface area (Å²) in [6, 6.07) is 8.75. The van der Waals surface area contributed by atoms with Crippen LogP contribution in [-0.2, 0) is 21.8 Å². The molecule has 0 spiro atoms. The minimum Gasteiger partial charge on any atom is -0.352 e. The minimum atomic E-state index is -4.96. The molecule has 5 atom stereocenters. The van der Waals surface area contributed by atoms with Crippen LogP contribution in [0.1, 0.15) is 46.8 Å². The Morgan fingerprint density at radius 3 is 2.24 bits per heavy atom. The molecule has 11 heteroatoms. The average molecular weight is 531 g/mol. The average Bonchev–Trinajstić information content (AvgIpc) is 3.27. The van der Waals surface area contributed by atoms with E-state index in [9.17, 15) is 31.1 Å². The second kappa shape index (κ2) is 10.2. The van der Waals surface area contributed by atoms with Gasteiger partial charge in [-0.15, -0.1) is 0 Å². The van der Waals surface area contributed by atoms with E-state index in [1.54, 1.807) is 4.90 Å². The largest absolute Gasteiger partial charge is 0.416 e. The van der Waals surface area contributed by atoms with Crippen LogP contribution in [0.15, 0.2) is 42.5 Å².